The molecule has 14 nitrogen and oxygen atoms in total. The van der Waals surface area contributed by atoms with E-state index >= 15 is 0 Å². The summed E-state index contributed by atoms with van der Waals surface area (Å²) in [6, 6.07) is 0.337. The maximum Gasteiger partial charge on any atom is 0.326 e. The van der Waals surface area contributed by atoms with E-state index in [1.54, 1.807) is 13.8 Å². The molecule has 210 valence electrons. The van der Waals surface area contributed by atoms with E-state index < -0.39 is 66.2 Å². The summed E-state index contributed by atoms with van der Waals surface area (Å²) in [6.45, 7) is 3.50. The van der Waals surface area contributed by atoms with Gasteiger partial charge in [0.05, 0.1) is 12.5 Å². The van der Waals surface area contributed by atoms with Crippen molar-refractivity contribution in [2.75, 3.05) is 0 Å². The Labute approximate surface area is 219 Å². The topological polar surface area (TPSA) is 251 Å². The van der Waals surface area contributed by atoms with Crippen LogP contribution in [-0.2, 0) is 35.2 Å². The lowest BCUT2D eigenvalue weighted by atomic mass is 10.0. The molecule has 0 aliphatic heterocycles. The summed E-state index contributed by atoms with van der Waals surface area (Å²) in [7, 11) is 0. The number of nitrogens with one attached hydrogen (secondary N) is 3. The van der Waals surface area contributed by atoms with E-state index in [4.69, 9.17) is 11.5 Å². The van der Waals surface area contributed by atoms with E-state index in [1.165, 1.54) is 24.3 Å². The van der Waals surface area contributed by atoms with Gasteiger partial charge in [-0.1, -0.05) is 26.0 Å². The molecule has 0 aliphatic carbocycles. The van der Waals surface area contributed by atoms with Gasteiger partial charge in [-0.05, 0) is 42.9 Å². The first kappa shape index (κ1) is 31.8. The summed E-state index contributed by atoms with van der Waals surface area (Å²) in [4.78, 5) is 72.5. The highest BCUT2D eigenvalue weighted by Gasteiger charge is 2.31. The van der Waals surface area contributed by atoms with Gasteiger partial charge in [0.15, 0.2) is 0 Å². The Bertz CT molecular complexity index is 1010. The smallest absolute Gasteiger partial charge is 0.326 e. The van der Waals surface area contributed by atoms with Gasteiger partial charge in [-0.2, -0.15) is 0 Å². The van der Waals surface area contributed by atoms with Crippen molar-refractivity contribution in [1.82, 2.24) is 16.0 Å². The van der Waals surface area contributed by atoms with Crippen LogP contribution in [0.3, 0.4) is 0 Å². The summed E-state index contributed by atoms with van der Waals surface area (Å²) in [5, 5.41) is 34.8. The van der Waals surface area contributed by atoms with Crippen LogP contribution in [0.15, 0.2) is 24.3 Å². The fourth-order valence-corrected chi connectivity index (χ4v) is 3.43. The third kappa shape index (κ3) is 11.7. The SMILES string of the molecule is CC(C)CC(NC(=O)C(CCC(N)=O)NC(=O)C(CC(=O)O)NC(=O)C(N)Cc1ccc(O)cc1)C(=O)O. The summed E-state index contributed by atoms with van der Waals surface area (Å²) < 4.78 is 0. The van der Waals surface area contributed by atoms with Crippen molar-refractivity contribution in [3.8, 4) is 5.75 Å². The maximum atomic E-state index is 12.9. The van der Waals surface area contributed by atoms with Gasteiger partial charge in [0.2, 0.25) is 23.6 Å². The van der Waals surface area contributed by atoms with E-state index in [1.807, 2.05) is 0 Å². The van der Waals surface area contributed by atoms with E-state index in [0.29, 0.717) is 5.56 Å². The van der Waals surface area contributed by atoms with E-state index in [2.05, 4.69) is 16.0 Å². The number of benzene rings is 1. The Morgan fingerprint density at radius 2 is 1.37 bits per heavy atom. The van der Waals surface area contributed by atoms with Crippen LogP contribution in [0.1, 0.15) is 45.1 Å². The van der Waals surface area contributed by atoms with Gasteiger partial charge < -0.3 is 42.7 Å². The molecule has 0 saturated carbocycles. The molecule has 0 saturated heterocycles. The van der Waals surface area contributed by atoms with E-state index in [-0.39, 0.29) is 37.4 Å². The van der Waals surface area contributed by atoms with E-state index in [0.717, 1.165) is 0 Å². The minimum absolute atomic E-state index is 0.0128. The molecule has 0 heterocycles. The molecule has 0 radical (unpaired) electrons. The zero-order chi connectivity index (χ0) is 29.0. The van der Waals surface area contributed by atoms with Crippen molar-refractivity contribution in [2.45, 2.75) is 70.1 Å². The summed E-state index contributed by atoms with van der Waals surface area (Å²) in [5.41, 5.74) is 11.6. The molecule has 14 heteroatoms. The number of nitrogens with two attached hydrogens (primary N) is 2. The Balaban J connectivity index is 3.01. The van der Waals surface area contributed by atoms with Gasteiger partial charge in [-0.25, -0.2) is 4.79 Å². The summed E-state index contributed by atoms with van der Waals surface area (Å²) in [6.07, 6.45) is -1.38. The van der Waals surface area contributed by atoms with Crippen LogP contribution in [0.4, 0.5) is 0 Å². The summed E-state index contributed by atoms with van der Waals surface area (Å²) in [5.74, 6) is -6.42. The number of phenolic OH excluding ortho intramolecular Hbond substituents is 1. The van der Waals surface area contributed by atoms with Crippen LogP contribution in [0.25, 0.3) is 0 Å². The standard InChI is InChI=1S/C24H35N5O9/c1-12(2)9-18(24(37)38)29-22(35)16(7-8-19(26)31)27-23(36)17(11-20(32)33)28-21(34)15(25)10-13-3-5-14(30)6-4-13/h3-6,12,15-18,30H,7-11,25H2,1-2H3,(H2,26,31)(H,27,36)(H,28,34)(H,29,35)(H,32,33)(H,37,38). The number of carboxylic acids is 2. The number of primary amides is 1. The first-order valence-electron chi connectivity index (χ1n) is 11.9. The minimum atomic E-state index is -1.64. The Hall–Kier alpha value is -4.20. The number of phenols is 1. The molecule has 0 spiro atoms. The molecule has 1 rings (SSSR count). The van der Waals surface area contributed by atoms with Crippen LogP contribution in [0.2, 0.25) is 0 Å². The molecular weight excluding hydrogens is 502 g/mol. The van der Waals surface area contributed by atoms with Crippen molar-refractivity contribution in [2.24, 2.45) is 17.4 Å². The molecule has 0 aliphatic rings. The number of hydrogen-bond acceptors (Lipinski definition) is 8. The first-order valence-corrected chi connectivity index (χ1v) is 11.9. The second-order valence-electron chi connectivity index (χ2n) is 9.23. The van der Waals surface area contributed by atoms with Gasteiger partial charge in [0, 0.05) is 6.42 Å². The summed E-state index contributed by atoms with van der Waals surface area (Å²) >= 11 is 0. The number of hydrogen-bond donors (Lipinski definition) is 8. The molecule has 4 amide bonds. The molecule has 1 aromatic carbocycles. The second-order valence-corrected chi connectivity index (χ2v) is 9.23. The van der Waals surface area contributed by atoms with Crippen LogP contribution in [0.5, 0.6) is 5.75 Å². The average Bonchev–Trinajstić information content (AvgIpc) is 2.81. The molecule has 1 aromatic rings. The lowest BCUT2D eigenvalue weighted by molar-refractivity contribution is -0.143. The molecule has 4 atom stereocenters. The number of amides is 4. The van der Waals surface area contributed by atoms with Gasteiger partial charge in [-0.15, -0.1) is 0 Å². The van der Waals surface area contributed by atoms with Crippen molar-refractivity contribution in [3.63, 3.8) is 0 Å². The van der Waals surface area contributed by atoms with Crippen LogP contribution in [-0.4, -0.2) is 75.1 Å². The third-order valence-electron chi connectivity index (χ3n) is 5.37. The van der Waals surface area contributed by atoms with Crippen molar-refractivity contribution in [1.29, 1.82) is 0 Å². The number of carbonyl (C=O) groups excluding carboxylic acids is 4. The van der Waals surface area contributed by atoms with Crippen molar-refractivity contribution < 1.29 is 44.1 Å². The Kier molecular flexibility index (Phi) is 12.7. The molecule has 38 heavy (non-hydrogen) atoms. The zero-order valence-corrected chi connectivity index (χ0v) is 21.2. The van der Waals surface area contributed by atoms with Gasteiger partial charge in [-0.3, -0.25) is 24.0 Å². The molecule has 0 bridgehead atoms. The largest absolute Gasteiger partial charge is 0.508 e. The first-order chi connectivity index (χ1) is 17.7. The number of rotatable bonds is 16. The van der Waals surface area contributed by atoms with Crippen LogP contribution < -0.4 is 27.4 Å². The molecule has 10 N–H and O–H groups in total. The zero-order valence-electron chi connectivity index (χ0n) is 21.2. The highest BCUT2D eigenvalue weighted by atomic mass is 16.4. The van der Waals surface area contributed by atoms with E-state index in [9.17, 15) is 44.1 Å². The van der Waals surface area contributed by atoms with Crippen LogP contribution >= 0.6 is 0 Å². The predicted octanol–water partition coefficient (Wildman–Crippen LogP) is -1.41. The molecular formula is C24H35N5O9. The lowest BCUT2D eigenvalue weighted by Gasteiger charge is -2.25. The lowest BCUT2D eigenvalue weighted by Crippen LogP contribution is -2.57. The number of aromatic hydroxyl groups is 1. The molecule has 0 fully saturated rings. The fraction of sp³-hybridized carbons (Fsp3) is 0.500. The number of aliphatic carboxylic acids is 2. The van der Waals surface area contributed by atoms with Gasteiger partial charge in [0.25, 0.3) is 0 Å². The number of carbonyl (C=O) groups is 6. The van der Waals surface area contributed by atoms with Gasteiger partial charge >= 0.3 is 11.9 Å². The Morgan fingerprint density at radius 1 is 0.842 bits per heavy atom. The normalized spacial score (nSPS) is 14.0. The quantitative estimate of drug-likeness (QED) is 0.122. The van der Waals surface area contributed by atoms with Crippen molar-refractivity contribution >= 4 is 35.6 Å². The van der Waals surface area contributed by atoms with Gasteiger partial charge in [0.1, 0.15) is 23.9 Å². The molecule has 0 aromatic heterocycles. The number of carboxylic acid groups (broad SMARTS) is 2. The minimum Gasteiger partial charge on any atom is -0.508 e. The van der Waals surface area contributed by atoms with Crippen molar-refractivity contribution in [3.05, 3.63) is 29.8 Å². The third-order valence-corrected chi connectivity index (χ3v) is 5.37. The maximum absolute atomic E-state index is 12.9. The predicted molar refractivity (Wildman–Crippen MR) is 133 cm³/mol. The monoisotopic (exact) mass is 537 g/mol. The highest BCUT2D eigenvalue weighted by Crippen LogP contribution is 2.11. The average molecular weight is 538 g/mol. The Morgan fingerprint density at radius 3 is 1.87 bits per heavy atom. The van der Waals surface area contributed by atoms with Crippen LogP contribution in [0, 0.1) is 5.92 Å². The highest BCUT2D eigenvalue weighted by molar-refractivity contribution is 5.95. The second kappa shape index (κ2) is 15.1. The molecule has 4 unspecified atom stereocenters. The fourth-order valence-electron chi connectivity index (χ4n) is 3.43.